The zero-order valence-electron chi connectivity index (χ0n) is 57.9. The number of nitrogens with zero attached hydrogens (tertiary/aromatic N) is 4. The van der Waals surface area contributed by atoms with E-state index in [9.17, 15) is 48.5 Å². The Morgan fingerprint density at radius 1 is 0.521 bits per heavy atom. The van der Waals surface area contributed by atoms with Crippen LogP contribution in [0.5, 0.6) is 23.0 Å². The lowest BCUT2D eigenvalue weighted by Gasteiger charge is -2.37. The molecule has 1 amide bonds. The van der Waals surface area contributed by atoms with Gasteiger partial charge < -0.3 is 66.9 Å². The first-order valence-corrected chi connectivity index (χ1v) is 31.1. The van der Waals surface area contributed by atoms with Crippen LogP contribution in [0, 0.1) is 10.1 Å². The lowest BCUT2D eigenvalue weighted by Crippen LogP contribution is -2.49. The van der Waals surface area contributed by atoms with Gasteiger partial charge in [0.15, 0.2) is 0 Å². The number of carbonyl (C=O) groups is 7. The van der Waals surface area contributed by atoms with Gasteiger partial charge in [0, 0.05) is 29.6 Å². The van der Waals surface area contributed by atoms with E-state index in [-0.39, 0.29) is 83.7 Å². The molecule has 0 spiro atoms. The lowest BCUT2D eigenvalue weighted by atomic mass is 9.90. The molecule has 0 atom stereocenters. The summed E-state index contributed by atoms with van der Waals surface area (Å²) in [5, 5.41) is 16.3. The second kappa shape index (κ2) is 31.5. The van der Waals surface area contributed by atoms with Gasteiger partial charge in [-0.1, -0.05) is 0 Å². The second-order valence-electron chi connectivity index (χ2n) is 28.8. The van der Waals surface area contributed by atoms with Crippen molar-refractivity contribution in [2.45, 2.75) is 203 Å². The molecule has 3 aromatic carbocycles. The smallest absolute Gasteiger partial charge is 0.349 e. The molecule has 0 radical (unpaired) electrons. The van der Waals surface area contributed by atoms with Crippen molar-refractivity contribution in [3.8, 4) is 23.0 Å². The van der Waals surface area contributed by atoms with E-state index < -0.39 is 124 Å². The van der Waals surface area contributed by atoms with Crippen molar-refractivity contribution in [1.29, 1.82) is 0 Å². The molecule has 1 aliphatic rings. The van der Waals surface area contributed by atoms with Crippen LogP contribution in [-0.4, -0.2) is 157 Å². The fourth-order valence-electron chi connectivity index (χ4n) is 9.86. The predicted molar refractivity (Wildman–Crippen MR) is 348 cm³/mol. The van der Waals surface area contributed by atoms with E-state index >= 15 is 0 Å². The Bertz CT molecular complexity index is 3330. The van der Waals surface area contributed by atoms with Crippen molar-refractivity contribution in [3.63, 3.8) is 0 Å². The highest BCUT2D eigenvalue weighted by atomic mass is 16.6. The number of methoxy groups -OCH3 is 1. The van der Waals surface area contributed by atoms with E-state index in [0.29, 0.717) is 36.8 Å². The Morgan fingerprint density at radius 3 is 1.36 bits per heavy atom. The van der Waals surface area contributed by atoms with Crippen molar-refractivity contribution >= 4 is 69.8 Å². The third kappa shape index (κ3) is 26.0. The summed E-state index contributed by atoms with van der Waals surface area (Å²) in [5.41, 5.74) is -6.59. The largest absolute Gasteiger partial charge is 0.497 e. The topological polar surface area (TPSA) is 307 Å². The molecular formula is C68H95N5O21. The van der Waals surface area contributed by atoms with Gasteiger partial charge in [0.25, 0.3) is 11.6 Å². The quantitative estimate of drug-likeness (QED) is 0.0145. The van der Waals surface area contributed by atoms with Crippen molar-refractivity contribution in [2.75, 3.05) is 69.4 Å². The summed E-state index contributed by atoms with van der Waals surface area (Å²) in [5.74, 6) is -4.09. The number of nitro groups is 1. The van der Waals surface area contributed by atoms with Gasteiger partial charge in [0.2, 0.25) is 0 Å². The number of amides is 1. The average molecular weight is 1320 g/mol. The molecule has 1 N–H and O–H groups in total. The molecule has 5 rings (SSSR count). The fourth-order valence-corrected chi connectivity index (χ4v) is 9.86. The van der Waals surface area contributed by atoms with Crippen LogP contribution in [0.3, 0.4) is 0 Å². The van der Waals surface area contributed by atoms with Crippen LogP contribution < -0.4 is 39.7 Å². The van der Waals surface area contributed by atoms with Gasteiger partial charge in [-0.15, -0.1) is 0 Å². The summed E-state index contributed by atoms with van der Waals surface area (Å²) in [6.45, 7) is 27.4. The first kappa shape index (κ1) is 76.0. The number of esters is 6. The maximum Gasteiger partial charge on any atom is 0.349 e. The normalized spacial score (nSPS) is 14.6. The highest BCUT2D eigenvalue weighted by Crippen LogP contribution is 2.38. The predicted octanol–water partition coefficient (Wildman–Crippen LogP) is 9.75. The van der Waals surface area contributed by atoms with E-state index in [1.165, 1.54) is 53.3 Å². The Morgan fingerprint density at radius 2 is 0.936 bits per heavy atom. The van der Waals surface area contributed by atoms with Gasteiger partial charge in [-0.3, -0.25) is 48.6 Å². The molecule has 0 saturated heterocycles. The number of ether oxygens (including phenoxy) is 10. The van der Waals surface area contributed by atoms with Gasteiger partial charge >= 0.3 is 41.4 Å². The van der Waals surface area contributed by atoms with Crippen molar-refractivity contribution < 1.29 is 90.3 Å². The van der Waals surface area contributed by atoms with E-state index in [4.69, 9.17) is 51.8 Å². The highest BCUT2D eigenvalue weighted by molar-refractivity contribution is 5.97. The Kier molecular flexibility index (Phi) is 25.5. The zero-order chi connectivity index (χ0) is 70.5. The first-order valence-electron chi connectivity index (χ1n) is 31.1. The number of hydrogen-bond donors (Lipinski definition) is 1. The van der Waals surface area contributed by atoms with Gasteiger partial charge in [-0.2, -0.15) is 0 Å². The Balaban J connectivity index is 1.43. The molecule has 1 saturated carbocycles. The summed E-state index contributed by atoms with van der Waals surface area (Å²) in [6.07, 6.45) is 1.96. The lowest BCUT2D eigenvalue weighted by molar-refractivity contribution is -0.385. The standard InChI is InChI=1S/C68H95N5O21/c1-63(2,3)89-55(74)35-70(36-56(75)90-64(4,5)6)45-23-21-44(22-24-45)69-61(80)48-30-42-20-25-47(33-52(42)88-62(48)81)87-41-43-31-51(72(39-59(78)93-67(13,14)15)40-60(79)94-68(16,17)18)54(34-50(43)73(82)83)86-29-28-85-53-32-46(84-19)26-27-49(53)71(37-57(76)91-65(7,8)9)38-58(77)92-66(10,11)12/h20,25-27,30-34,44-45H,21-24,28-29,35-41H2,1-19H3,(H,69,80). The molecule has 26 heteroatoms. The molecule has 1 aliphatic carbocycles. The number of nitro benzene ring substituents is 1. The van der Waals surface area contributed by atoms with Crippen molar-refractivity contribution in [3.05, 3.63) is 86.3 Å². The van der Waals surface area contributed by atoms with Crippen LogP contribution in [-0.2, 0) is 63.8 Å². The van der Waals surface area contributed by atoms with Gasteiger partial charge in [0.1, 0.15) is 114 Å². The summed E-state index contributed by atoms with van der Waals surface area (Å²) in [4.78, 5) is 124. The summed E-state index contributed by atoms with van der Waals surface area (Å²) in [7, 11) is 1.44. The van der Waals surface area contributed by atoms with E-state index in [0.717, 1.165) is 6.07 Å². The number of fused-ring (bicyclic) bond motifs is 1. The third-order valence-corrected chi connectivity index (χ3v) is 13.2. The van der Waals surface area contributed by atoms with Gasteiger partial charge in [-0.25, -0.2) is 4.79 Å². The molecule has 0 bridgehead atoms. The summed E-state index contributed by atoms with van der Waals surface area (Å²) in [6, 6.07) is 12.4. The van der Waals surface area contributed by atoms with Gasteiger partial charge in [-0.05, 0) is 187 Å². The fraction of sp³-hybridized carbons (Fsp3) is 0.588. The minimum Gasteiger partial charge on any atom is -0.497 e. The molecule has 518 valence electrons. The number of benzene rings is 3. The van der Waals surface area contributed by atoms with Gasteiger partial charge in [0.05, 0.1) is 48.1 Å². The minimum absolute atomic E-state index is 0.00519. The van der Waals surface area contributed by atoms with Crippen LogP contribution in [0.1, 0.15) is 166 Å². The van der Waals surface area contributed by atoms with Crippen LogP contribution in [0.15, 0.2) is 63.8 Å². The maximum atomic E-state index is 13.7. The van der Waals surface area contributed by atoms with Crippen LogP contribution >= 0.6 is 0 Å². The van der Waals surface area contributed by atoms with Crippen LogP contribution in [0.2, 0.25) is 0 Å². The number of rotatable bonds is 27. The minimum atomic E-state index is -0.967. The number of nitrogens with one attached hydrogen (secondary N) is 1. The SMILES string of the molecule is COc1ccc(N(CC(=O)OC(C)(C)C)CC(=O)OC(C)(C)C)c(OCCOc2cc([N+](=O)[O-])c(COc3ccc4cc(C(=O)NC5CCC(N(CC(=O)OC(C)(C)C)CC(=O)OC(C)(C)C)CC5)c(=O)oc4c3)cc2N(CC(=O)OC(C)(C)C)CC(=O)OC(C)(C)C)c1. The molecule has 1 aromatic heterocycles. The molecule has 0 unspecified atom stereocenters. The molecule has 0 aliphatic heterocycles. The molecule has 94 heavy (non-hydrogen) atoms. The first-order chi connectivity index (χ1) is 43.3. The maximum absolute atomic E-state index is 13.7. The molecule has 26 nitrogen and oxygen atoms in total. The molecular weight excluding hydrogens is 1220 g/mol. The average Bonchev–Trinajstić information content (AvgIpc) is 0.825. The van der Waals surface area contributed by atoms with Crippen molar-refractivity contribution in [1.82, 2.24) is 10.2 Å². The molecule has 4 aromatic rings. The number of anilines is 2. The highest BCUT2D eigenvalue weighted by Gasteiger charge is 2.34. The van der Waals surface area contributed by atoms with Crippen molar-refractivity contribution in [2.24, 2.45) is 0 Å². The third-order valence-electron chi connectivity index (χ3n) is 13.2. The zero-order valence-corrected chi connectivity index (χ0v) is 57.9. The van der Waals surface area contributed by atoms with Crippen LogP contribution in [0.4, 0.5) is 17.1 Å². The van der Waals surface area contributed by atoms with Crippen LogP contribution in [0.25, 0.3) is 11.0 Å². The monoisotopic (exact) mass is 1320 g/mol. The molecule has 1 heterocycles. The summed E-state index contributed by atoms with van der Waals surface area (Å²) >= 11 is 0. The number of carbonyl (C=O) groups excluding carboxylic acids is 7. The number of hydrogen-bond acceptors (Lipinski definition) is 24. The Hall–Kier alpha value is -8.68. The summed E-state index contributed by atoms with van der Waals surface area (Å²) < 4.78 is 63.5. The molecule has 1 fully saturated rings. The van der Waals surface area contributed by atoms with E-state index in [1.54, 1.807) is 142 Å². The van der Waals surface area contributed by atoms with E-state index in [1.807, 2.05) is 0 Å². The Labute approximate surface area is 549 Å². The second-order valence-corrected chi connectivity index (χ2v) is 28.8. The van der Waals surface area contributed by atoms with E-state index in [2.05, 4.69) is 5.32 Å².